The van der Waals surface area contributed by atoms with E-state index in [9.17, 15) is 13.6 Å². The van der Waals surface area contributed by atoms with E-state index in [1.165, 1.54) is 23.9 Å². The number of amides is 1. The Morgan fingerprint density at radius 3 is 2.73 bits per heavy atom. The van der Waals surface area contributed by atoms with Gasteiger partial charge in [0.15, 0.2) is 5.17 Å². The molecule has 156 valence electrons. The van der Waals surface area contributed by atoms with Crippen molar-refractivity contribution in [2.45, 2.75) is 18.1 Å². The Bertz CT molecular complexity index is 1020. The number of nitrogens with one attached hydrogen (secondary N) is 2. The third-order valence-corrected chi connectivity index (χ3v) is 6.44. The maximum absolute atomic E-state index is 14.8. The van der Waals surface area contributed by atoms with Crippen LogP contribution in [-0.2, 0) is 10.3 Å². The lowest BCUT2D eigenvalue weighted by atomic mass is 9.75. The summed E-state index contributed by atoms with van der Waals surface area (Å²) in [5.74, 6) is -1.53. The quantitative estimate of drug-likeness (QED) is 0.515. The zero-order valence-corrected chi connectivity index (χ0v) is 16.7. The van der Waals surface area contributed by atoms with E-state index in [4.69, 9.17) is 20.9 Å². The molecule has 0 spiro atoms. The first kappa shape index (κ1) is 20.5. The third-order valence-electron chi connectivity index (χ3n) is 5.40. The van der Waals surface area contributed by atoms with Crippen molar-refractivity contribution in [3.8, 4) is 0 Å². The van der Waals surface area contributed by atoms with Gasteiger partial charge in [-0.2, -0.15) is 0 Å². The smallest absolute Gasteiger partial charge is 0.257 e. The molecule has 1 saturated heterocycles. The van der Waals surface area contributed by atoms with Crippen molar-refractivity contribution in [2.24, 2.45) is 16.6 Å². The first-order valence-electron chi connectivity index (χ1n) is 9.39. The molecule has 0 aromatic heterocycles. The molecule has 9 heteroatoms. The van der Waals surface area contributed by atoms with Crippen molar-refractivity contribution in [3.05, 3.63) is 71.3 Å². The number of fused-ring (bicyclic) bond motifs is 1. The van der Waals surface area contributed by atoms with Crippen LogP contribution in [-0.4, -0.2) is 35.4 Å². The Morgan fingerprint density at radius 1 is 1.27 bits per heavy atom. The lowest BCUT2D eigenvalue weighted by molar-refractivity contribution is -0.0262. The van der Waals surface area contributed by atoms with Gasteiger partial charge in [0.1, 0.15) is 29.1 Å². The number of rotatable bonds is 3. The minimum Gasteiger partial charge on any atom is -0.385 e. The van der Waals surface area contributed by atoms with Crippen LogP contribution in [0.1, 0.15) is 22.3 Å². The van der Waals surface area contributed by atoms with Crippen molar-refractivity contribution in [1.29, 1.82) is 5.41 Å². The molecule has 0 aliphatic carbocycles. The average molecular weight is 430 g/mol. The summed E-state index contributed by atoms with van der Waals surface area (Å²) in [6, 6.07) is 12.1. The Kier molecular flexibility index (Phi) is 5.57. The van der Waals surface area contributed by atoms with Crippen LogP contribution < -0.4 is 11.1 Å². The van der Waals surface area contributed by atoms with Gasteiger partial charge in [-0.3, -0.25) is 10.2 Å². The van der Waals surface area contributed by atoms with Crippen molar-refractivity contribution < 1.29 is 18.3 Å². The predicted molar refractivity (Wildman–Crippen MR) is 112 cm³/mol. The van der Waals surface area contributed by atoms with Gasteiger partial charge < -0.3 is 15.8 Å². The number of ether oxygens (including phenoxy) is 1. The maximum atomic E-state index is 14.8. The van der Waals surface area contributed by atoms with Gasteiger partial charge in [-0.1, -0.05) is 36.0 Å². The fraction of sp³-hybridized carbons (Fsp3) is 0.286. The number of halogens is 2. The second-order valence-electron chi connectivity index (χ2n) is 7.28. The van der Waals surface area contributed by atoms with E-state index < -0.39 is 23.3 Å². The SMILES string of the molecule is N=C(N)C1CC2CSC(NC(=O)c3ccccc3)=NC2(c2ccc(F)cc2F)CO1. The second kappa shape index (κ2) is 8.16. The summed E-state index contributed by atoms with van der Waals surface area (Å²) in [5, 5.41) is 10.8. The van der Waals surface area contributed by atoms with E-state index in [2.05, 4.69) is 5.32 Å². The number of aliphatic imine (C=N–C) groups is 1. The number of hydrogen-bond acceptors (Lipinski definition) is 5. The van der Waals surface area contributed by atoms with Crippen molar-refractivity contribution in [1.82, 2.24) is 5.32 Å². The molecule has 3 unspecified atom stereocenters. The van der Waals surface area contributed by atoms with Crippen LogP contribution in [0, 0.1) is 23.0 Å². The monoisotopic (exact) mass is 430 g/mol. The fourth-order valence-electron chi connectivity index (χ4n) is 3.83. The first-order valence-corrected chi connectivity index (χ1v) is 10.4. The summed E-state index contributed by atoms with van der Waals surface area (Å²) < 4.78 is 34.1. The average Bonchev–Trinajstić information content (AvgIpc) is 2.73. The van der Waals surface area contributed by atoms with Crippen LogP contribution in [0.3, 0.4) is 0 Å². The second-order valence-corrected chi connectivity index (χ2v) is 8.29. The molecule has 0 saturated carbocycles. The predicted octanol–water partition coefficient (Wildman–Crippen LogP) is 3.03. The molecular formula is C21H20F2N4O2S. The highest BCUT2D eigenvalue weighted by atomic mass is 32.2. The van der Waals surface area contributed by atoms with Crippen LogP contribution in [0.2, 0.25) is 0 Å². The molecule has 2 heterocycles. The fourth-order valence-corrected chi connectivity index (χ4v) is 4.99. The maximum Gasteiger partial charge on any atom is 0.257 e. The van der Waals surface area contributed by atoms with Crippen molar-refractivity contribution in [3.63, 3.8) is 0 Å². The molecule has 6 nitrogen and oxygen atoms in total. The Morgan fingerprint density at radius 2 is 2.03 bits per heavy atom. The van der Waals surface area contributed by atoms with E-state index >= 15 is 0 Å². The number of nitrogens with zero attached hydrogens (tertiary/aromatic N) is 1. The molecule has 0 radical (unpaired) electrons. The van der Waals surface area contributed by atoms with Crippen LogP contribution in [0.15, 0.2) is 53.5 Å². The Labute approximate surface area is 176 Å². The van der Waals surface area contributed by atoms with Gasteiger partial charge in [0.25, 0.3) is 5.91 Å². The van der Waals surface area contributed by atoms with Gasteiger partial charge in [-0.05, 0) is 24.6 Å². The highest BCUT2D eigenvalue weighted by Crippen LogP contribution is 2.46. The molecule has 0 bridgehead atoms. The van der Waals surface area contributed by atoms with E-state index in [1.54, 1.807) is 24.3 Å². The largest absolute Gasteiger partial charge is 0.385 e. The van der Waals surface area contributed by atoms with Crippen LogP contribution in [0.4, 0.5) is 8.78 Å². The van der Waals surface area contributed by atoms with Crippen LogP contribution in [0.25, 0.3) is 0 Å². The number of hydrogen-bond donors (Lipinski definition) is 3. The minimum atomic E-state index is -1.14. The third kappa shape index (κ3) is 3.82. The lowest BCUT2D eigenvalue weighted by Crippen LogP contribution is -2.53. The van der Waals surface area contributed by atoms with Gasteiger partial charge in [-0.25, -0.2) is 13.8 Å². The van der Waals surface area contributed by atoms with Gasteiger partial charge >= 0.3 is 0 Å². The number of thioether (sulfide) groups is 1. The van der Waals surface area contributed by atoms with Gasteiger partial charge in [0, 0.05) is 28.9 Å². The Hall–Kier alpha value is -2.78. The lowest BCUT2D eigenvalue weighted by Gasteiger charge is -2.46. The number of carbonyl (C=O) groups excluding carboxylic acids is 1. The van der Waals surface area contributed by atoms with Crippen molar-refractivity contribution in [2.75, 3.05) is 12.4 Å². The molecule has 30 heavy (non-hydrogen) atoms. The Balaban J connectivity index is 1.71. The zero-order chi connectivity index (χ0) is 21.3. The molecule has 2 aromatic rings. The van der Waals surface area contributed by atoms with Crippen LogP contribution in [0.5, 0.6) is 0 Å². The minimum absolute atomic E-state index is 0.0320. The molecular weight excluding hydrogens is 410 g/mol. The molecule has 2 aromatic carbocycles. The summed E-state index contributed by atoms with van der Waals surface area (Å²) in [7, 11) is 0. The molecule has 2 aliphatic rings. The van der Waals surface area contributed by atoms with E-state index in [0.717, 1.165) is 6.07 Å². The zero-order valence-electron chi connectivity index (χ0n) is 15.9. The summed E-state index contributed by atoms with van der Waals surface area (Å²) >= 11 is 1.34. The molecule has 1 amide bonds. The van der Waals surface area contributed by atoms with Gasteiger partial charge in [-0.15, -0.1) is 0 Å². The summed E-state index contributed by atoms with van der Waals surface area (Å²) in [5.41, 5.74) is 5.14. The standard InChI is InChI=1S/C21H20F2N4O2S/c22-14-6-7-15(16(23)9-14)21-11-29-17(18(24)25)8-13(21)10-30-20(27-21)26-19(28)12-4-2-1-3-5-12/h1-7,9,13,17H,8,10-11H2,(H3,24,25)(H,26,27,28). The van der Waals surface area contributed by atoms with Gasteiger partial charge in [0.2, 0.25) is 0 Å². The molecule has 3 atom stereocenters. The highest BCUT2D eigenvalue weighted by molar-refractivity contribution is 8.13. The number of benzene rings is 2. The topological polar surface area (TPSA) is 101 Å². The number of carbonyl (C=O) groups is 1. The molecule has 2 aliphatic heterocycles. The molecule has 4 rings (SSSR count). The normalized spacial score (nSPS) is 25.7. The first-order chi connectivity index (χ1) is 14.4. The van der Waals surface area contributed by atoms with E-state index in [1.807, 2.05) is 6.07 Å². The van der Waals surface area contributed by atoms with Crippen LogP contribution >= 0.6 is 11.8 Å². The summed E-state index contributed by atoms with van der Waals surface area (Å²) in [4.78, 5) is 17.3. The number of nitrogens with two attached hydrogens (primary N) is 1. The van der Waals surface area contributed by atoms with Crippen molar-refractivity contribution >= 4 is 28.7 Å². The number of amidine groups is 2. The summed E-state index contributed by atoms with van der Waals surface area (Å²) in [6.45, 7) is -0.0320. The summed E-state index contributed by atoms with van der Waals surface area (Å²) in [6.07, 6.45) is -0.203. The van der Waals surface area contributed by atoms with E-state index in [-0.39, 0.29) is 29.8 Å². The molecule has 4 N–H and O–H groups in total. The van der Waals surface area contributed by atoms with E-state index in [0.29, 0.717) is 22.9 Å². The van der Waals surface area contributed by atoms with Gasteiger partial charge in [0.05, 0.1) is 6.61 Å². The highest BCUT2D eigenvalue weighted by Gasteiger charge is 2.50. The molecule has 1 fully saturated rings.